The van der Waals surface area contributed by atoms with Crippen molar-refractivity contribution in [2.24, 2.45) is 5.92 Å². The van der Waals surface area contributed by atoms with Crippen LogP contribution in [0.25, 0.3) is 0 Å². The average Bonchev–Trinajstić information content (AvgIpc) is 3.63. The summed E-state index contributed by atoms with van der Waals surface area (Å²) in [6.45, 7) is 5.82. The third kappa shape index (κ3) is 4.47. The van der Waals surface area contributed by atoms with Gasteiger partial charge in [0.1, 0.15) is 18.8 Å². The molecule has 0 radical (unpaired) electrons. The van der Waals surface area contributed by atoms with Crippen LogP contribution >= 0.6 is 0 Å². The smallest absolute Gasteiger partial charge is 0.286 e. The fourth-order valence-electron chi connectivity index (χ4n) is 4.24. The van der Waals surface area contributed by atoms with Crippen LogP contribution < -0.4 is 19.7 Å². The topological polar surface area (TPSA) is 97.2 Å². The number of nitrogens with one attached hydrogen (secondary N) is 1. The summed E-state index contributed by atoms with van der Waals surface area (Å²) >= 11 is 0. The van der Waals surface area contributed by atoms with E-state index in [0.717, 1.165) is 37.8 Å². The van der Waals surface area contributed by atoms with Gasteiger partial charge in [-0.15, -0.1) is 0 Å². The van der Waals surface area contributed by atoms with Gasteiger partial charge in [-0.2, -0.15) is 0 Å². The highest BCUT2D eigenvalue weighted by Crippen LogP contribution is 2.37. The fourth-order valence-corrected chi connectivity index (χ4v) is 4.24. The number of carbonyl (C=O) groups is 1. The van der Waals surface area contributed by atoms with Crippen LogP contribution in [-0.4, -0.2) is 61.7 Å². The molecule has 0 bridgehead atoms. The van der Waals surface area contributed by atoms with E-state index in [1.54, 1.807) is 6.07 Å². The number of amides is 1. The lowest BCUT2D eigenvalue weighted by molar-refractivity contribution is -0.385. The zero-order chi connectivity index (χ0) is 22.1. The van der Waals surface area contributed by atoms with Gasteiger partial charge in [-0.05, 0) is 37.0 Å². The number of benzene rings is 2. The second kappa shape index (κ2) is 8.66. The van der Waals surface area contributed by atoms with Crippen molar-refractivity contribution in [2.75, 3.05) is 56.2 Å². The summed E-state index contributed by atoms with van der Waals surface area (Å²) < 4.78 is 10.9. The molecule has 0 aromatic heterocycles. The Kier molecular flexibility index (Phi) is 5.57. The number of carbonyl (C=O) groups excluding carboxylic acids is 1. The standard InChI is InChI=1S/C23H26N4O5/c28-23(19-13-21-22(32-11-10-31-21)14-20(19)27(29)30)24-17-2-1-3-18(12-17)26-8-6-25(7-9-26)15-16-4-5-16/h1-3,12-14,16H,4-11,15H2,(H,24,28). The maximum absolute atomic E-state index is 12.9. The van der Waals surface area contributed by atoms with Crippen molar-refractivity contribution < 1.29 is 19.2 Å². The second-order valence-electron chi connectivity index (χ2n) is 8.51. The molecule has 0 atom stereocenters. The highest BCUT2D eigenvalue weighted by Gasteiger charge is 2.28. The van der Waals surface area contributed by atoms with Crippen molar-refractivity contribution >= 4 is 23.0 Å². The molecular formula is C23H26N4O5. The van der Waals surface area contributed by atoms with Crippen molar-refractivity contribution in [1.82, 2.24) is 4.90 Å². The van der Waals surface area contributed by atoms with E-state index < -0.39 is 10.8 Å². The number of rotatable bonds is 6. The van der Waals surface area contributed by atoms with Gasteiger partial charge in [-0.25, -0.2) is 0 Å². The minimum atomic E-state index is -0.579. The van der Waals surface area contributed by atoms with Crippen molar-refractivity contribution in [3.05, 3.63) is 52.1 Å². The van der Waals surface area contributed by atoms with Crippen LogP contribution in [-0.2, 0) is 0 Å². The van der Waals surface area contributed by atoms with Crippen molar-refractivity contribution in [2.45, 2.75) is 12.8 Å². The van der Waals surface area contributed by atoms with Crippen LogP contribution in [0, 0.1) is 16.0 Å². The molecule has 1 saturated heterocycles. The van der Waals surface area contributed by atoms with Gasteiger partial charge in [-0.3, -0.25) is 19.8 Å². The van der Waals surface area contributed by atoms with Crippen molar-refractivity contribution in [3.8, 4) is 11.5 Å². The Balaban J connectivity index is 1.29. The predicted octanol–water partition coefficient (Wildman–Crippen LogP) is 3.15. The number of fused-ring (bicyclic) bond motifs is 1. The average molecular weight is 438 g/mol. The number of piperazine rings is 1. The van der Waals surface area contributed by atoms with E-state index in [2.05, 4.69) is 15.1 Å². The number of ether oxygens (including phenoxy) is 2. The molecule has 2 fully saturated rings. The molecular weight excluding hydrogens is 412 g/mol. The molecule has 2 aliphatic heterocycles. The van der Waals surface area contributed by atoms with Crippen LogP contribution in [0.5, 0.6) is 11.5 Å². The van der Waals surface area contributed by atoms with Crippen LogP contribution in [0.2, 0.25) is 0 Å². The molecule has 9 nitrogen and oxygen atoms in total. The molecule has 0 unspecified atom stereocenters. The van der Waals surface area contributed by atoms with Gasteiger partial charge in [0.25, 0.3) is 11.6 Å². The number of nitro benzene ring substituents is 1. The minimum Gasteiger partial charge on any atom is -0.486 e. The number of hydrogen-bond donors (Lipinski definition) is 1. The number of hydrogen-bond acceptors (Lipinski definition) is 7. The van der Waals surface area contributed by atoms with E-state index in [1.165, 1.54) is 31.5 Å². The van der Waals surface area contributed by atoms with E-state index in [1.807, 2.05) is 18.2 Å². The molecule has 1 N–H and O–H groups in total. The summed E-state index contributed by atoms with van der Waals surface area (Å²) in [6.07, 6.45) is 2.73. The summed E-state index contributed by atoms with van der Waals surface area (Å²) in [5.41, 5.74) is 1.26. The molecule has 32 heavy (non-hydrogen) atoms. The number of anilines is 2. The molecule has 168 valence electrons. The first-order chi connectivity index (χ1) is 15.6. The predicted molar refractivity (Wildman–Crippen MR) is 120 cm³/mol. The summed E-state index contributed by atoms with van der Waals surface area (Å²) in [4.78, 5) is 28.7. The first-order valence-electron chi connectivity index (χ1n) is 11.0. The van der Waals surface area contributed by atoms with Gasteiger partial charge in [0.05, 0.1) is 11.0 Å². The molecule has 2 heterocycles. The lowest BCUT2D eigenvalue weighted by Gasteiger charge is -2.36. The molecule has 2 aromatic rings. The number of nitro groups is 1. The maximum Gasteiger partial charge on any atom is 0.286 e. The van der Waals surface area contributed by atoms with Gasteiger partial charge in [0, 0.05) is 50.2 Å². The molecule has 1 aliphatic carbocycles. The lowest BCUT2D eigenvalue weighted by Crippen LogP contribution is -2.47. The van der Waals surface area contributed by atoms with Gasteiger partial charge < -0.3 is 19.7 Å². The Morgan fingerprint density at radius 3 is 2.47 bits per heavy atom. The molecule has 5 rings (SSSR count). The highest BCUT2D eigenvalue weighted by molar-refractivity contribution is 6.07. The fraction of sp³-hybridized carbons (Fsp3) is 0.435. The summed E-state index contributed by atoms with van der Waals surface area (Å²) in [6, 6.07) is 10.2. The first-order valence-corrected chi connectivity index (χ1v) is 11.0. The largest absolute Gasteiger partial charge is 0.486 e. The van der Waals surface area contributed by atoms with Gasteiger partial charge in [0.15, 0.2) is 11.5 Å². The summed E-state index contributed by atoms with van der Waals surface area (Å²) in [5.74, 6) is 0.955. The quantitative estimate of drug-likeness (QED) is 0.547. The zero-order valence-electron chi connectivity index (χ0n) is 17.8. The maximum atomic E-state index is 12.9. The molecule has 0 spiro atoms. The molecule has 1 amide bonds. The molecule has 1 saturated carbocycles. The number of nitrogens with zero attached hydrogens (tertiary/aromatic N) is 3. The molecule has 2 aromatic carbocycles. The van der Waals surface area contributed by atoms with E-state index in [0.29, 0.717) is 24.7 Å². The second-order valence-corrected chi connectivity index (χ2v) is 8.51. The third-order valence-corrected chi connectivity index (χ3v) is 6.16. The first kappa shape index (κ1) is 20.6. The van der Waals surface area contributed by atoms with Crippen molar-refractivity contribution in [1.29, 1.82) is 0 Å². The van der Waals surface area contributed by atoms with E-state index in [4.69, 9.17) is 9.47 Å². The van der Waals surface area contributed by atoms with E-state index in [-0.39, 0.29) is 17.0 Å². The monoisotopic (exact) mass is 438 g/mol. The molecule has 9 heteroatoms. The zero-order valence-corrected chi connectivity index (χ0v) is 17.8. The Morgan fingerprint density at radius 1 is 1.06 bits per heavy atom. The van der Waals surface area contributed by atoms with Crippen LogP contribution in [0.15, 0.2) is 36.4 Å². The van der Waals surface area contributed by atoms with Crippen LogP contribution in [0.1, 0.15) is 23.2 Å². The Hall–Kier alpha value is -3.33. The Bertz CT molecular complexity index is 1030. The van der Waals surface area contributed by atoms with E-state index in [9.17, 15) is 14.9 Å². The third-order valence-electron chi connectivity index (χ3n) is 6.16. The SMILES string of the molecule is O=C(Nc1cccc(N2CCN(CC3CC3)CC2)c1)c1cc2c(cc1[N+](=O)[O-])OCCO2. The summed E-state index contributed by atoms with van der Waals surface area (Å²) in [5, 5.41) is 14.3. The van der Waals surface area contributed by atoms with Crippen LogP contribution in [0.4, 0.5) is 17.1 Å². The highest BCUT2D eigenvalue weighted by atomic mass is 16.6. The van der Waals surface area contributed by atoms with Crippen LogP contribution in [0.3, 0.4) is 0 Å². The minimum absolute atomic E-state index is 0.0571. The Labute approximate surface area is 186 Å². The van der Waals surface area contributed by atoms with E-state index >= 15 is 0 Å². The normalized spacial score (nSPS) is 18.3. The molecule has 3 aliphatic rings. The summed E-state index contributed by atoms with van der Waals surface area (Å²) in [7, 11) is 0. The Morgan fingerprint density at radius 2 is 1.78 bits per heavy atom. The lowest BCUT2D eigenvalue weighted by atomic mass is 10.1. The van der Waals surface area contributed by atoms with Gasteiger partial charge >= 0.3 is 0 Å². The van der Waals surface area contributed by atoms with Gasteiger partial charge in [0.2, 0.25) is 0 Å². The van der Waals surface area contributed by atoms with Crippen molar-refractivity contribution in [3.63, 3.8) is 0 Å². The van der Waals surface area contributed by atoms with Gasteiger partial charge in [-0.1, -0.05) is 6.07 Å².